The standard InChI is InChI=1S/C20H25N10O7PS/c21-15-17-23-3-9(30(17)26-6-24-15)11-2-10(32)12(37-11)5-35-38(34,39)13-1-8(4-31)36-19(13)29-7-25-14-16(29)27-20(22)28-18(14)33/h3,6-8,10-13,19,31-32H,1-2,4-5H2,(H,34,39)(H2,21,24,26)(H3,22,27,28,33)/t8-,10-,11+,12+,13+,19?,38?/m0/s1. The van der Waals surface area contributed by atoms with Gasteiger partial charge in [0.2, 0.25) is 5.95 Å². The summed E-state index contributed by atoms with van der Waals surface area (Å²) in [4.78, 5) is 30.9. The number of nitrogen functional groups attached to an aromatic ring is 2. The summed E-state index contributed by atoms with van der Waals surface area (Å²) in [5.41, 5.74) is 11.2. The van der Waals surface area contributed by atoms with Gasteiger partial charge in [0.15, 0.2) is 22.6 Å². The molecule has 6 heterocycles. The zero-order chi connectivity index (χ0) is 27.5. The lowest BCUT2D eigenvalue weighted by atomic mass is 10.1. The molecular weight excluding hydrogens is 555 g/mol. The molecule has 0 radical (unpaired) electrons. The van der Waals surface area contributed by atoms with Crippen molar-refractivity contribution >= 4 is 47.4 Å². The summed E-state index contributed by atoms with van der Waals surface area (Å²) >= 11 is 4.37. The van der Waals surface area contributed by atoms with Crippen LogP contribution in [0.3, 0.4) is 0 Å². The molecule has 2 saturated heterocycles. The van der Waals surface area contributed by atoms with Crippen LogP contribution in [0.15, 0.2) is 23.6 Å². The topological polar surface area (TPSA) is 244 Å². The number of hydrogen-bond donors (Lipinski definition) is 6. The second-order valence-electron chi connectivity index (χ2n) is 9.30. The number of nitrogens with one attached hydrogen (secondary N) is 1. The van der Waals surface area contributed by atoms with Crippen LogP contribution in [0.5, 0.6) is 0 Å². The van der Waals surface area contributed by atoms with Gasteiger partial charge < -0.3 is 35.7 Å². The predicted octanol–water partition coefficient (Wildman–Crippen LogP) is -0.599. The summed E-state index contributed by atoms with van der Waals surface area (Å²) in [6.45, 7) is -4.36. The molecule has 17 nitrogen and oxygen atoms in total. The second kappa shape index (κ2) is 9.81. The highest BCUT2D eigenvalue weighted by molar-refractivity contribution is 8.46. The molecule has 6 rings (SSSR count). The Morgan fingerprint density at radius 3 is 2.85 bits per heavy atom. The molecule has 4 aromatic rings. The zero-order valence-electron chi connectivity index (χ0n) is 20.1. The van der Waals surface area contributed by atoms with E-state index in [0.717, 1.165) is 0 Å². The van der Waals surface area contributed by atoms with Crippen LogP contribution in [0.1, 0.15) is 30.9 Å². The fraction of sp³-hybridized carbons (Fsp3) is 0.500. The van der Waals surface area contributed by atoms with Crippen LogP contribution in [0.25, 0.3) is 16.8 Å². The van der Waals surface area contributed by atoms with Gasteiger partial charge in [-0.05, 0) is 6.42 Å². The predicted molar refractivity (Wildman–Crippen MR) is 138 cm³/mol. The largest absolute Gasteiger partial charge is 0.394 e. The van der Waals surface area contributed by atoms with Crippen LogP contribution >= 0.6 is 18.8 Å². The van der Waals surface area contributed by atoms with Gasteiger partial charge in [-0.25, -0.2) is 19.5 Å². The van der Waals surface area contributed by atoms with Crippen molar-refractivity contribution in [3.63, 3.8) is 0 Å². The van der Waals surface area contributed by atoms with E-state index < -0.39 is 48.4 Å². The fourth-order valence-corrected chi connectivity index (χ4v) is 7.35. The summed E-state index contributed by atoms with van der Waals surface area (Å²) in [5, 5.41) is 24.6. The Kier molecular flexibility index (Phi) is 6.57. The molecule has 0 bridgehead atoms. The number of aliphatic hydroxyl groups excluding tert-OH is 2. The number of aromatic nitrogens is 8. The third-order valence-electron chi connectivity index (χ3n) is 6.85. The molecule has 2 aliphatic heterocycles. The van der Waals surface area contributed by atoms with Crippen molar-refractivity contribution in [2.24, 2.45) is 0 Å². The molecule has 0 aromatic carbocycles. The Balaban J connectivity index is 1.20. The molecule has 0 spiro atoms. The van der Waals surface area contributed by atoms with Crippen molar-refractivity contribution in [2.75, 3.05) is 24.7 Å². The van der Waals surface area contributed by atoms with Gasteiger partial charge in [-0.3, -0.25) is 18.9 Å². The van der Waals surface area contributed by atoms with Crippen molar-refractivity contribution in [3.05, 3.63) is 34.9 Å². The number of aromatic amines is 1. The summed E-state index contributed by atoms with van der Waals surface area (Å²) in [7, 11) is 0. The molecule has 2 unspecified atom stereocenters. The number of thiol groups is 1. The monoisotopic (exact) mass is 580 g/mol. The maximum absolute atomic E-state index is 13.8. The number of anilines is 2. The maximum Gasteiger partial charge on any atom is 0.280 e. The highest BCUT2D eigenvalue weighted by atomic mass is 32.7. The molecule has 4 aromatic heterocycles. The number of nitrogens with zero attached hydrogens (tertiary/aromatic N) is 7. The van der Waals surface area contributed by atoms with E-state index in [9.17, 15) is 19.6 Å². The van der Waals surface area contributed by atoms with E-state index in [0.29, 0.717) is 11.3 Å². The Morgan fingerprint density at radius 2 is 2.05 bits per heavy atom. The number of hydrogen-bond acceptors (Lipinski definition) is 14. The number of H-pyrrole nitrogens is 1. The molecule has 7 N–H and O–H groups in total. The Hall–Kier alpha value is -3.12. The molecular formula is C20H25N10O7PS. The Labute approximate surface area is 224 Å². The van der Waals surface area contributed by atoms with E-state index in [-0.39, 0.29) is 49.0 Å². The van der Waals surface area contributed by atoms with Crippen molar-refractivity contribution in [1.82, 2.24) is 39.1 Å². The maximum atomic E-state index is 13.8. The number of rotatable bonds is 7. The zero-order valence-corrected chi connectivity index (χ0v) is 21.9. The molecule has 0 saturated carbocycles. The van der Waals surface area contributed by atoms with Gasteiger partial charge in [-0.15, -0.1) is 0 Å². The lowest BCUT2D eigenvalue weighted by Crippen LogP contribution is -2.27. The minimum atomic E-state index is -3.78. The normalized spacial score (nSPS) is 28.9. The minimum Gasteiger partial charge on any atom is -0.394 e. The Bertz CT molecular complexity index is 1640. The number of imidazole rings is 2. The van der Waals surface area contributed by atoms with E-state index in [1.54, 1.807) is 6.20 Å². The number of ether oxygens (including phenoxy) is 2. The van der Waals surface area contributed by atoms with Gasteiger partial charge in [0.25, 0.3) is 12.1 Å². The molecule has 0 amide bonds. The van der Waals surface area contributed by atoms with Gasteiger partial charge in [0.05, 0.1) is 49.3 Å². The summed E-state index contributed by atoms with van der Waals surface area (Å²) in [6.07, 6.45) is 0.504. The second-order valence-corrected chi connectivity index (χ2v) is 13.0. The lowest BCUT2D eigenvalue weighted by molar-refractivity contribution is -0.0239. The minimum absolute atomic E-state index is 0.0156. The van der Waals surface area contributed by atoms with Gasteiger partial charge in [0, 0.05) is 6.42 Å². The number of aliphatic hydroxyl groups is 2. The van der Waals surface area contributed by atoms with Crippen LogP contribution in [0, 0.1) is 0 Å². The quantitative estimate of drug-likeness (QED) is 0.118. The van der Waals surface area contributed by atoms with Gasteiger partial charge in [-0.1, -0.05) is 12.2 Å². The molecule has 7 atom stereocenters. The summed E-state index contributed by atoms with van der Waals surface area (Å²) < 4.78 is 34.4. The van der Waals surface area contributed by atoms with Crippen molar-refractivity contribution in [3.8, 4) is 0 Å². The lowest BCUT2D eigenvalue weighted by Gasteiger charge is -2.26. The van der Waals surface area contributed by atoms with E-state index in [4.69, 9.17) is 25.5 Å². The van der Waals surface area contributed by atoms with E-state index in [1.165, 1.54) is 21.7 Å². The molecule has 2 aliphatic rings. The first kappa shape index (κ1) is 26.1. The van der Waals surface area contributed by atoms with Crippen molar-refractivity contribution in [1.29, 1.82) is 0 Å². The molecule has 2 fully saturated rings. The smallest absolute Gasteiger partial charge is 0.280 e. The highest BCUT2D eigenvalue weighted by Gasteiger charge is 2.48. The first-order valence-corrected chi connectivity index (χ1v) is 14.7. The highest BCUT2D eigenvalue weighted by Crippen LogP contribution is 2.63. The molecule has 208 valence electrons. The van der Waals surface area contributed by atoms with Crippen LogP contribution in [-0.2, 0) is 18.6 Å². The van der Waals surface area contributed by atoms with E-state index >= 15 is 0 Å². The molecule has 0 aliphatic carbocycles. The summed E-state index contributed by atoms with van der Waals surface area (Å²) in [5.74, 6) is 0.0724. The van der Waals surface area contributed by atoms with Crippen molar-refractivity contribution in [2.45, 2.75) is 49.1 Å². The summed E-state index contributed by atoms with van der Waals surface area (Å²) in [6, 6.07) is 0. The van der Waals surface area contributed by atoms with E-state index in [1.807, 2.05) is 0 Å². The molecule has 19 heteroatoms. The van der Waals surface area contributed by atoms with Crippen molar-refractivity contribution < 1.29 is 28.8 Å². The first-order valence-electron chi connectivity index (χ1n) is 11.9. The van der Waals surface area contributed by atoms with Crippen LogP contribution in [0.4, 0.5) is 11.8 Å². The number of nitrogens with two attached hydrogens (primary N) is 2. The van der Waals surface area contributed by atoms with Crippen LogP contribution in [-0.4, -0.2) is 86.5 Å². The van der Waals surface area contributed by atoms with Gasteiger partial charge >= 0.3 is 0 Å². The average molecular weight is 581 g/mol. The van der Waals surface area contributed by atoms with E-state index in [2.05, 4.69) is 42.3 Å². The van der Waals surface area contributed by atoms with Crippen LogP contribution < -0.4 is 17.0 Å². The van der Waals surface area contributed by atoms with Gasteiger partial charge in [0.1, 0.15) is 24.8 Å². The third-order valence-corrected chi connectivity index (χ3v) is 9.91. The van der Waals surface area contributed by atoms with Gasteiger partial charge in [-0.2, -0.15) is 10.1 Å². The third kappa shape index (κ3) is 4.57. The van der Waals surface area contributed by atoms with Crippen LogP contribution in [0.2, 0.25) is 0 Å². The Morgan fingerprint density at radius 1 is 1.23 bits per heavy atom. The first-order chi connectivity index (χ1) is 18.7. The average Bonchev–Trinajstić information content (AvgIpc) is 3.67. The number of fused-ring (bicyclic) bond motifs is 2. The fourth-order valence-electron chi connectivity index (χ4n) is 4.94. The SMILES string of the molecule is Nc1nc2c(ncn2C2O[C@H](CO)C[C@H]2P(=O)(S)OC[C@H]2O[C@@H](c3cnc4c(N)ncnn34)C[C@@H]2O)c(=O)[nH]1. The molecule has 39 heavy (non-hydrogen) atoms.